The molecule has 2 rings (SSSR count). The van der Waals surface area contributed by atoms with Crippen LogP contribution in [0.3, 0.4) is 0 Å². The summed E-state index contributed by atoms with van der Waals surface area (Å²) in [5.41, 5.74) is 1.05. The van der Waals surface area contributed by atoms with E-state index in [9.17, 15) is 13.2 Å². The maximum atomic E-state index is 11.9. The molecule has 6 heteroatoms. The van der Waals surface area contributed by atoms with E-state index in [-0.39, 0.29) is 5.75 Å². The van der Waals surface area contributed by atoms with Gasteiger partial charge in [0.1, 0.15) is 0 Å². The molecule has 2 aromatic rings. The SMILES string of the molecule is C[C@H](C(=O)O)S(=O)(=O)Cc1ccc2ccccc2n1. The number of para-hydroxylation sites is 1. The summed E-state index contributed by atoms with van der Waals surface area (Å²) in [6.07, 6.45) is 0. The van der Waals surface area contributed by atoms with Crippen LogP contribution in [0.4, 0.5) is 0 Å². The second-order valence-electron chi connectivity index (χ2n) is 4.28. The van der Waals surface area contributed by atoms with Gasteiger partial charge in [-0.1, -0.05) is 24.3 Å². The van der Waals surface area contributed by atoms with Crippen LogP contribution in [0.1, 0.15) is 12.6 Å². The second kappa shape index (κ2) is 4.97. The second-order valence-corrected chi connectivity index (χ2v) is 6.60. The molecule has 0 saturated carbocycles. The van der Waals surface area contributed by atoms with Crippen LogP contribution in [0, 0.1) is 0 Å². The number of nitrogens with zero attached hydrogens (tertiary/aromatic N) is 1. The van der Waals surface area contributed by atoms with E-state index in [1.54, 1.807) is 18.2 Å². The molecule has 1 aromatic carbocycles. The Hall–Kier alpha value is -1.95. The van der Waals surface area contributed by atoms with Crippen molar-refractivity contribution < 1.29 is 18.3 Å². The number of carboxylic acid groups (broad SMARTS) is 1. The zero-order valence-electron chi connectivity index (χ0n) is 10.3. The molecule has 0 amide bonds. The van der Waals surface area contributed by atoms with Gasteiger partial charge >= 0.3 is 5.97 Å². The van der Waals surface area contributed by atoms with E-state index in [0.717, 1.165) is 5.39 Å². The fourth-order valence-electron chi connectivity index (χ4n) is 1.67. The van der Waals surface area contributed by atoms with E-state index in [4.69, 9.17) is 5.11 Å². The molecule has 19 heavy (non-hydrogen) atoms. The van der Waals surface area contributed by atoms with Crippen molar-refractivity contribution in [2.45, 2.75) is 17.9 Å². The molecular weight excluding hydrogens is 266 g/mol. The maximum absolute atomic E-state index is 11.9. The molecule has 1 N–H and O–H groups in total. The summed E-state index contributed by atoms with van der Waals surface area (Å²) >= 11 is 0. The van der Waals surface area contributed by atoms with Crippen molar-refractivity contribution >= 4 is 26.7 Å². The largest absolute Gasteiger partial charge is 0.480 e. The zero-order valence-corrected chi connectivity index (χ0v) is 11.1. The average molecular weight is 279 g/mol. The molecule has 0 fully saturated rings. The average Bonchev–Trinajstić information content (AvgIpc) is 2.37. The summed E-state index contributed by atoms with van der Waals surface area (Å²) in [4.78, 5) is 15.0. The number of hydrogen-bond donors (Lipinski definition) is 1. The van der Waals surface area contributed by atoms with E-state index in [2.05, 4.69) is 4.98 Å². The number of fused-ring (bicyclic) bond motifs is 1. The lowest BCUT2D eigenvalue weighted by Crippen LogP contribution is -2.28. The van der Waals surface area contributed by atoms with Gasteiger partial charge in [-0.05, 0) is 19.1 Å². The quantitative estimate of drug-likeness (QED) is 0.919. The van der Waals surface area contributed by atoms with E-state index in [1.807, 2.05) is 18.2 Å². The lowest BCUT2D eigenvalue weighted by atomic mass is 10.2. The van der Waals surface area contributed by atoms with Gasteiger partial charge in [0.05, 0.1) is 17.0 Å². The standard InChI is InChI=1S/C13H13NO4S/c1-9(13(15)16)19(17,18)8-11-7-6-10-4-2-3-5-12(10)14-11/h2-7,9H,8H2,1H3,(H,15,16)/t9-/m1/s1. The molecule has 0 saturated heterocycles. The smallest absolute Gasteiger partial charge is 0.321 e. The highest BCUT2D eigenvalue weighted by molar-refractivity contribution is 7.91. The van der Waals surface area contributed by atoms with E-state index in [1.165, 1.54) is 6.92 Å². The Labute approximate surface area is 110 Å². The van der Waals surface area contributed by atoms with E-state index >= 15 is 0 Å². The monoisotopic (exact) mass is 279 g/mol. The predicted octanol–water partition coefficient (Wildman–Crippen LogP) is 1.62. The molecule has 0 bridgehead atoms. The Morgan fingerprint density at radius 2 is 1.95 bits per heavy atom. The highest BCUT2D eigenvalue weighted by Gasteiger charge is 2.28. The van der Waals surface area contributed by atoms with Crippen molar-refractivity contribution in [1.29, 1.82) is 0 Å². The third-order valence-corrected chi connectivity index (χ3v) is 4.87. The molecule has 100 valence electrons. The first-order valence-corrected chi connectivity index (χ1v) is 7.41. The van der Waals surface area contributed by atoms with Gasteiger partial charge < -0.3 is 5.11 Å². The minimum absolute atomic E-state index is 0.354. The fourth-order valence-corrected chi connectivity index (χ4v) is 2.80. The Morgan fingerprint density at radius 3 is 2.63 bits per heavy atom. The number of aliphatic carboxylic acids is 1. The summed E-state index contributed by atoms with van der Waals surface area (Å²) in [7, 11) is -3.74. The zero-order chi connectivity index (χ0) is 14.0. The number of sulfone groups is 1. The molecule has 5 nitrogen and oxygen atoms in total. The summed E-state index contributed by atoms with van der Waals surface area (Å²) in [6.45, 7) is 1.17. The Balaban J connectivity index is 2.34. The maximum Gasteiger partial charge on any atom is 0.321 e. The summed E-state index contributed by atoms with van der Waals surface area (Å²) in [6, 6.07) is 10.7. The molecule has 0 aliphatic heterocycles. The van der Waals surface area contributed by atoms with Gasteiger partial charge in [0.25, 0.3) is 0 Å². The predicted molar refractivity (Wildman–Crippen MR) is 71.5 cm³/mol. The molecule has 0 aliphatic rings. The minimum atomic E-state index is -3.74. The highest BCUT2D eigenvalue weighted by Crippen LogP contribution is 2.15. The van der Waals surface area contributed by atoms with Crippen LogP contribution in [-0.4, -0.2) is 29.7 Å². The van der Waals surface area contributed by atoms with Crippen molar-refractivity contribution in [2.24, 2.45) is 0 Å². The number of rotatable bonds is 4. The Morgan fingerprint density at radius 1 is 1.26 bits per heavy atom. The first kappa shape index (κ1) is 13.5. The first-order valence-electron chi connectivity index (χ1n) is 5.69. The number of benzene rings is 1. The molecule has 0 unspecified atom stereocenters. The first-order chi connectivity index (χ1) is 8.90. The number of pyridine rings is 1. The lowest BCUT2D eigenvalue weighted by molar-refractivity contribution is -0.136. The van der Waals surface area contributed by atoms with Crippen molar-refractivity contribution in [3.8, 4) is 0 Å². The Kier molecular flexibility index (Phi) is 3.53. The summed E-state index contributed by atoms with van der Waals surface area (Å²) in [5.74, 6) is -1.72. The fraction of sp³-hybridized carbons (Fsp3) is 0.231. The minimum Gasteiger partial charge on any atom is -0.480 e. The molecule has 0 aliphatic carbocycles. The third-order valence-electron chi connectivity index (χ3n) is 2.89. The molecule has 1 heterocycles. The van der Waals surface area contributed by atoms with Crippen LogP contribution in [0.5, 0.6) is 0 Å². The highest BCUT2D eigenvalue weighted by atomic mass is 32.2. The van der Waals surface area contributed by atoms with Gasteiger partial charge in [0.2, 0.25) is 0 Å². The molecule has 1 aromatic heterocycles. The molecule has 1 atom stereocenters. The number of aromatic nitrogens is 1. The van der Waals surface area contributed by atoms with E-state index < -0.39 is 21.1 Å². The van der Waals surface area contributed by atoms with Gasteiger partial charge in [-0.25, -0.2) is 8.42 Å². The van der Waals surface area contributed by atoms with Crippen molar-refractivity contribution in [3.05, 3.63) is 42.1 Å². The third kappa shape index (κ3) is 2.90. The summed E-state index contributed by atoms with van der Waals surface area (Å²) in [5, 5.41) is 8.25. The normalized spacial score (nSPS) is 13.3. The number of hydrogen-bond acceptors (Lipinski definition) is 4. The number of carboxylic acids is 1. The summed E-state index contributed by atoms with van der Waals surface area (Å²) < 4.78 is 23.7. The number of carbonyl (C=O) groups is 1. The van der Waals surface area contributed by atoms with Gasteiger partial charge in [-0.3, -0.25) is 9.78 Å². The van der Waals surface area contributed by atoms with Gasteiger partial charge in [-0.2, -0.15) is 0 Å². The van der Waals surface area contributed by atoms with Crippen LogP contribution >= 0.6 is 0 Å². The van der Waals surface area contributed by atoms with Crippen molar-refractivity contribution in [3.63, 3.8) is 0 Å². The van der Waals surface area contributed by atoms with Crippen LogP contribution < -0.4 is 0 Å². The Bertz CT molecular complexity index is 724. The van der Waals surface area contributed by atoms with Crippen LogP contribution in [0.2, 0.25) is 0 Å². The van der Waals surface area contributed by atoms with Crippen molar-refractivity contribution in [2.75, 3.05) is 0 Å². The topological polar surface area (TPSA) is 84.3 Å². The van der Waals surface area contributed by atoms with E-state index in [0.29, 0.717) is 11.2 Å². The van der Waals surface area contributed by atoms with Crippen molar-refractivity contribution in [1.82, 2.24) is 4.98 Å². The van der Waals surface area contributed by atoms with Gasteiger partial charge in [-0.15, -0.1) is 0 Å². The van der Waals surface area contributed by atoms with Gasteiger partial charge in [0.15, 0.2) is 15.1 Å². The van der Waals surface area contributed by atoms with Crippen LogP contribution in [0.15, 0.2) is 36.4 Å². The molecule has 0 spiro atoms. The van der Waals surface area contributed by atoms with Crippen LogP contribution in [-0.2, 0) is 20.4 Å². The van der Waals surface area contributed by atoms with Gasteiger partial charge in [0, 0.05) is 5.39 Å². The lowest BCUT2D eigenvalue weighted by Gasteiger charge is -2.08. The molecule has 0 radical (unpaired) electrons. The van der Waals surface area contributed by atoms with Crippen LogP contribution in [0.25, 0.3) is 10.9 Å². The molecular formula is C13H13NO4S.